The van der Waals surface area contributed by atoms with E-state index in [2.05, 4.69) is 26.1 Å². The zero-order chi connectivity index (χ0) is 16.7. The summed E-state index contributed by atoms with van der Waals surface area (Å²) in [5.74, 6) is 0.424. The fourth-order valence-corrected chi connectivity index (χ4v) is 3.07. The van der Waals surface area contributed by atoms with Crippen LogP contribution in [0.1, 0.15) is 0 Å². The highest BCUT2D eigenvalue weighted by molar-refractivity contribution is 8.01. The van der Waals surface area contributed by atoms with Gasteiger partial charge in [-0.1, -0.05) is 29.2 Å². The number of hydrogen-bond acceptors (Lipinski definition) is 8. The minimum absolute atomic E-state index is 0.0845. The van der Waals surface area contributed by atoms with E-state index in [1.165, 1.54) is 30.1 Å². The van der Waals surface area contributed by atoms with Crippen LogP contribution in [0.3, 0.4) is 0 Å². The minimum atomic E-state index is -0.534. The van der Waals surface area contributed by atoms with Crippen LogP contribution in [0.2, 0.25) is 0 Å². The van der Waals surface area contributed by atoms with Crippen LogP contribution in [0, 0.1) is 0 Å². The van der Waals surface area contributed by atoms with Crippen molar-refractivity contribution in [1.29, 1.82) is 0 Å². The first kappa shape index (κ1) is 17.0. The Hall–Kier alpha value is -2.33. The molecule has 2 aromatic rings. The Labute approximate surface area is 141 Å². The molecule has 10 heteroatoms. The van der Waals surface area contributed by atoms with Crippen molar-refractivity contribution in [1.82, 2.24) is 20.8 Å². The molecule has 3 amide bonds. The van der Waals surface area contributed by atoms with Gasteiger partial charge in [-0.3, -0.25) is 10.1 Å². The highest BCUT2D eigenvalue weighted by atomic mass is 32.2. The molecule has 0 fully saturated rings. The molecule has 8 nitrogen and oxygen atoms in total. The molecule has 0 saturated carbocycles. The van der Waals surface area contributed by atoms with Gasteiger partial charge in [0, 0.05) is 18.8 Å². The predicted molar refractivity (Wildman–Crippen MR) is 89.5 cm³/mol. The molecule has 0 aliphatic heterocycles. The van der Waals surface area contributed by atoms with Crippen LogP contribution in [-0.4, -0.2) is 42.0 Å². The van der Waals surface area contributed by atoms with Gasteiger partial charge in [-0.05, 0) is 12.1 Å². The Morgan fingerprint density at radius 2 is 2.17 bits per heavy atom. The van der Waals surface area contributed by atoms with Crippen LogP contribution < -0.4 is 20.7 Å². The molecular formula is C13H15N5O3S2. The highest BCUT2D eigenvalue weighted by Gasteiger charge is 2.10. The maximum Gasteiger partial charge on any atom is 0.321 e. The molecule has 0 spiro atoms. The maximum absolute atomic E-state index is 11.5. The van der Waals surface area contributed by atoms with Crippen LogP contribution in [0.25, 0.3) is 0 Å². The third-order valence-corrected chi connectivity index (χ3v) is 4.51. The Kier molecular flexibility index (Phi) is 6.18. The van der Waals surface area contributed by atoms with E-state index in [1.807, 2.05) is 24.3 Å². The zero-order valence-corrected chi connectivity index (χ0v) is 14.1. The van der Waals surface area contributed by atoms with Gasteiger partial charge in [0.15, 0.2) is 4.34 Å². The third kappa shape index (κ3) is 5.42. The summed E-state index contributed by atoms with van der Waals surface area (Å²) >= 11 is 2.52. The molecule has 122 valence electrons. The predicted octanol–water partition coefficient (Wildman–Crippen LogP) is 1.84. The second kappa shape index (κ2) is 8.34. The van der Waals surface area contributed by atoms with Crippen molar-refractivity contribution >= 4 is 45.9 Å². The first-order valence-electron chi connectivity index (χ1n) is 6.49. The molecule has 0 bridgehead atoms. The number of urea groups is 1. The quantitative estimate of drug-likeness (QED) is 0.681. The van der Waals surface area contributed by atoms with E-state index in [-0.39, 0.29) is 5.75 Å². The Morgan fingerprint density at radius 3 is 2.91 bits per heavy atom. The van der Waals surface area contributed by atoms with Crippen LogP contribution in [0.15, 0.2) is 28.6 Å². The van der Waals surface area contributed by atoms with E-state index in [0.29, 0.717) is 9.47 Å². The van der Waals surface area contributed by atoms with Gasteiger partial charge in [0.1, 0.15) is 5.75 Å². The molecule has 3 N–H and O–H groups in total. The monoisotopic (exact) mass is 353 g/mol. The number of hydrogen-bond donors (Lipinski definition) is 3. The molecule has 1 heterocycles. The van der Waals surface area contributed by atoms with Crippen LogP contribution in [0.5, 0.6) is 5.75 Å². The average molecular weight is 353 g/mol. The molecule has 0 radical (unpaired) electrons. The number of rotatable bonds is 6. The number of aromatic nitrogens is 2. The van der Waals surface area contributed by atoms with E-state index < -0.39 is 11.9 Å². The first-order chi connectivity index (χ1) is 11.1. The number of thioether (sulfide) groups is 1. The molecule has 2 rings (SSSR count). The number of carbonyl (C=O) groups excluding carboxylic acids is 2. The number of nitrogens with one attached hydrogen (secondary N) is 3. The molecule has 23 heavy (non-hydrogen) atoms. The third-order valence-electron chi connectivity index (χ3n) is 2.53. The van der Waals surface area contributed by atoms with Gasteiger partial charge in [0.05, 0.1) is 12.9 Å². The van der Waals surface area contributed by atoms with Crippen molar-refractivity contribution < 1.29 is 14.3 Å². The van der Waals surface area contributed by atoms with E-state index in [1.54, 1.807) is 7.11 Å². The normalized spacial score (nSPS) is 10.0. The number of imide groups is 1. The molecule has 0 aliphatic rings. The first-order valence-corrected chi connectivity index (χ1v) is 8.30. The van der Waals surface area contributed by atoms with Crippen molar-refractivity contribution in [3.8, 4) is 5.75 Å². The minimum Gasteiger partial charge on any atom is -0.497 e. The van der Waals surface area contributed by atoms with Gasteiger partial charge in [-0.2, -0.15) is 0 Å². The maximum atomic E-state index is 11.5. The zero-order valence-electron chi connectivity index (χ0n) is 12.5. The van der Waals surface area contributed by atoms with E-state index in [9.17, 15) is 9.59 Å². The van der Waals surface area contributed by atoms with Gasteiger partial charge in [-0.15, -0.1) is 10.2 Å². The lowest BCUT2D eigenvalue weighted by atomic mass is 10.3. The van der Waals surface area contributed by atoms with Crippen molar-refractivity contribution in [3.63, 3.8) is 0 Å². The lowest BCUT2D eigenvalue weighted by Gasteiger charge is -2.04. The summed E-state index contributed by atoms with van der Waals surface area (Å²) in [6.45, 7) is 0. The average Bonchev–Trinajstić information content (AvgIpc) is 3.00. The molecule has 1 aromatic heterocycles. The summed E-state index contributed by atoms with van der Waals surface area (Å²) in [6, 6.07) is 6.89. The number of nitrogens with zero attached hydrogens (tertiary/aromatic N) is 2. The summed E-state index contributed by atoms with van der Waals surface area (Å²) < 4.78 is 5.78. The van der Waals surface area contributed by atoms with Gasteiger partial charge >= 0.3 is 6.03 Å². The highest BCUT2D eigenvalue weighted by Crippen LogP contribution is 2.28. The fourth-order valence-electron chi connectivity index (χ4n) is 1.50. The van der Waals surface area contributed by atoms with Crippen LogP contribution in [-0.2, 0) is 4.79 Å². The van der Waals surface area contributed by atoms with Crippen LogP contribution in [0.4, 0.5) is 15.6 Å². The van der Waals surface area contributed by atoms with Gasteiger partial charge in [0.2, 0.25) is 11.0 Å². The van der Waals surface area contributed by atoms with Crippen molar-refractivity contribution in [2.24, 2.45) is 0 Å². The van der Waals surface area contributed by atoms with E-state index >= 15 is 0 Å². The van der Waals surface area contributed by atoms with Crippen molar-refractivity contribution in [3.05, 3.63) is 24.3 Å². The Bertz CT molecular complexity index is 692. The summed E-state index contributed by atoms with van der Waals surface area (Å²) in [5, 5.41) is 16.2. The molecule has 0 aliphatic carbocycles. The van der Waals surface area contributed by atoms with Gasteiger partial charge in [0.25, 0.3) is 0 Å². The lowest BCUT2D eigenvalue weighted by Crippen LogP contribution is -2.38. The number of anilines is 2. The molecule has 0 atom stereocenters. The molecule has 0 saturated heterocycles. The Balaban J connectivity index is 1.88. The molecule has 1 aromatic carbocycles. The Morgan fingerprint density at radius 1 is 1.35 bits per heavy atom. The molecular weight excluding hydrogens is 338 g/mol. The summed E-state index contributed by atoms with van der Waals surface area (Å²) in [4.78, 5) is 22.5. The lowest BCUT2D eigenvalue weighted by molar-refractivity contribution is -0.117. The summed E-state index contributed by atoms with van der Waals surface area (Å²) in [7, 11) is 3.04. The number of ether oxygens (including phenoxy) is 1. The topological polar surface area (TPSA) is 105 Å². The summed E-state index contributed by atoms with van der Waals surface area (Å²) in [5.41, 5.74) is 0.828. The number of benzene rings is 1. The number of carbonyl (C=O) groups is 2. The largest absolute Gasteiger partial charge is 0.497 e. The van der Waals surface area contributed by atoms with E-state index in [0.717, 1.165) is 11.4 Å². The SMILES string of the molecule is CNC(=O)NC(=O)CSc1nnc(Nc2cccc(OC)c2)s1. The molecule has 0 unspecified atom stereocenters. The second-order valence-electron chi connectivity index (χ2n) is 4.15. The fraction of sp³-hybridized carbons (Fsp3) is 0.231. The number of amides is 3. The van der Waals surface area contributed by atoms with Gasteiger partial charge in [-0.25, -0.2) is 4.79 Å². The van der Waals surface area contributed by atoms with Gasteiger partial charge < -0.3 is 15.4 Å². The van der Waals surface area contributed by atoms with Crippen molar-refractivity contribution in [2.75, 3.05) is 25.2 Å². The second-order valence-corrected chi connectivity index (χ2v) is 6.35. The van der Waals surface area contributed by atoms with Crippen molar-refractivity contribution in [2.45, 2.75) is 4.34 Å². The summed E-state index contributed by atoms with van der Waals surface area (Å²) in [6.07, 6.45) is 0. The standard InChI is InChI=1S/C13H15N5O3S2/c1-14-11(20)16-10(19)7-22-13-18-17-12(23-13)15-8-4-3-5-9(6-8)21-2/h3-6H,7H2,1-2H3,(H,15,17)(H2,14,16,19,20). The van der Waals surface area contributed by atoms with Crippen LogP contribution >= 0.6 is 23.1 Å². The van der Waals surface area contributed by atoms with E-state index in [4.69, 9.17) is 4.74 Å². The number of methoxy groups -OCH3 is 1. The smallest absolute Gasteiger partial charge is 0.321 e.